The van der Waals surface area contributed by atoms with Crippen LogP contribution in [-0.4, -0.2) is 51.9 Å². The van der Waals surface area contributed by atoms with Crippen molar-refractivity contribution in [2.24, 2.45) is 0 Å². The first-order valence-electron chi connectivity index (χ1n) is 9.52. The molecule has 1 aliphatic heterocycles. The summed E-state index contributed by atoms with van der Waals surface area (Å²) >= 11 is 12.1. The number of carbonyl (C=O) groups excluding carboxylic acids is 1. The zero-order valence-electron chi connectivity index (χ0n) is 16.3. The number of nitrogens with one attached hydrogen (secondary N) is 1. The van der Waals surface area contributed by atoms with Crippen LogP contribution in [0.2, 0.25) is 10.0 Å². The smallest absolute Gasteiger partial charge is 0.255 e. The number of nitrogens with zero attached hydrogens (tertiary/aromatic N) is 5. The first kappa shape index (κ1) is 20.4. The molecule has 7 nitrogen and oxygen atoms in total. The van der Waals surface area contributed by atoms with Crippen molar-refractivity contribution in [2.75, 3.05) is 36.4 Å². The van der Waals surface area contributed by atoms with Crippen LogP contribution < -0.4 is 10.2 Å². The van der Waals surface area contributed by atoms with Gasteiger partial charge >= 0.3 is 0 Å². The average molecular weight is 443 g/mol. The summed E-state index contributed by atoms with van der Waals surface area (Å²) in [4.78, 5) is 30.0. The third kappa shape index (κ3) is 4.63. The van der Waals surface area contributed by atoms with Gasteiger partial charge in [-0.25, -0.2) is 15.0 Å². The molecule has 1 N–H and O–H groups in total. The molecular formula is C21H20Cl2N6O. The van der Waals surface area contributed by atoms with Crippen LogP contribution in [0, 0.1) is 6.92 Å². The SMILES string of the molecule is Cc1nc(Nc2ccccn2)cc(N2CCN(C(=O)c3ccc(Cl)cc3Cl)CC2)n1. The van der Waals surface area contributed by atoms with E-state index in [9.17, 15) is 4.79 Å². The molecule has 4 rings (SSSR count). The van der Waals surface area contributed by atoms with Crippen LogP contribution in [0.1, 0.15) is 16.2 Å². The minimum atomic E-state index is -0.0901. The Labute approximate surface area is 184 Å². The number of hydrogen-bond donors (Lipinski definition) is 1. The lowest BCUT2D eigenvalue weighted by Gasteiger charge is -2.35. The molecule has 0 saturated carbocycles. The van der Waals surface area contributed by atoms with Gasteiger partial charge in [0.1, 0.15) is 23.3 Å². The molecule has 0 aliphatic carbocycles. The van der Waals surface area contributed by atoms with Crippen molar-refractivity contribution in [1.29, 1.82) is 0 Å². The maximum absolute atomic E-state index is 12.8. The largest absolute Gasteiger partial charge is 0.353 e. The standard InChI is InChI=1S/C21H20Cl2N6O/c1-14-25-19(27-18-4-2-3-7-24-18)13-20(26-14)28-8-10-29(11-9-28)21(30)16-6-5-15(22)12-17(16)23/h2-7,12-13H,8-11H2,1H3,(H,24,25,26,27). The Bertz CT molecular complexity index is 1050. The van der Waals surface area contributed by atoms with E-state index >= 15 is 0 Å². The number of benzene rings is 1. The number of aromatic nitrogens is 3. The van der Waals surface area contributed by atoms with E-state index in [4.69, 9.17) is 23.2 Å². The van der Waals surface area contributed by atoms with Crippen molar-refractivity contribution >= 4 is 46.6 Å². The van der Waals surface area contributed by atoms with Crippen molar-refractivity contribution < 1.29 is 4.79 Å². The highest BCUT2D eigenvalue weighted by Crippen LogP contribution is 2.24. The fourth-order valence-corrected chi connectivity index (χ4v) is 3.81. The van der Waals surface area contributed by atoms with Gasteiger partial charge in [-0.1, -0.05) is 29.3 Å². The first-order valence-corrected chi connectivity index (χ1v) is 10.3. The fraction of sp³-hybridized carbons (Fsp3) is 0.238. The summed E-state index contributed by atoms with van der Waals surface area (Å²) in [6, 6.07) is 12.5. The molecule has 9 heteroatoms. The summed E-state index contributed by atoms with van der Waals surface area (Å²) in [5, 5.41) is 4.08. The number of anilines is 3. The number of hydrogen-bond acceptors (Lipinski definition) is 6. The Morgan fingerprint density at radius 1 is 1.00 bits per heavy atom. The Balaban J connectivity index is 1.44. The van der Waals surface area contributed by atoms with Gasteiger partial charge < -0.3 is 15.1 Å². The highest BCUT2D eigenvalue weighted by atomic mass is 35.5. The van der Waals surface area contributed by atoms with Crippen molar-refractivity contribution in [3.05, 3.63) is 70.1 Å². The van der Waals surface area contributed by atoms with Crippen molar-refractivity contribution in [3.63, 3.8) is 0 Å². The molecule has 3 aromatic rings. The highest BCUT2D eigenvalue weighted by Gasteiger charge is 2.24. The van der Waals surface area contributed by atoms with Gasteiger partial charge in [-0.05, 0) is 37.3 Å². The number of halogens is 2. The van der Waals surface area contributed by atoms with E-state index in [0.717, 1.165) is 11.6 Å². The Kier molecular flexibility index (Phi) is 6.01. The van der Waals surface area contributed by atoms with Gasteiger partial charge in [0.25, 0.3) is 5.91 Å². The summed E-state index contributed by atoms with van der Waals surface area (Å²) in [6.45, 7) is 4.33. The van der Waals surface area contributed by atoms with Gasteiger partial charge in [0.05, 0.1) is 10.6 Å². The van der Waals surface area contributed by atoms with Crippen LogP contribution in [0.3, 0.4) is 0 Å². The van der Waals surface area contributed by atoms with Crippen LogP contribution in [0.4, 0.5) is 17.5 Å². The van der Waals surface area contributed by atoms with Crippen LogP contribution in [0.15, 0.2) is 48.7 Å². The van der Waals surface area contributed by atoms with Crippen molar-refractivity contribution in [2.45, 2.75) is 6.92 Å². The Morgan fingerprint density at radius 2 is 1.80 bits per heavy atom. The molecular weight excluding hydrogens is 423 g/mol. The predicted octanol–water partition coefficient (Wildman–Crippen LogP) is 4.19. The number of rotatable bonds is 4. The van der Waals surface area contributed by atoms with Gasteiger partial charge in [-0.2, -0.15) is 0 Å². The predicted molar refractivity (Wildman–Crippen MR) is 119 cm³/mol. The third-order valence-electron chi connectivity index (χ3n) is 4.80. The van der Waals surface area contributed by atoms with E-state index in [0.29, 0.717) is 53.4 Å². The second kappa shape index (κ2) is 8.85. The first-order chi connectivity index (χ1) is 14.5. The zero-order valence-corrected chi connectivity index (χ0v) is 17.9. The molecule has 154 valence electrons. The molecule has 0 atom stereocenters. The van der Waals surface area contributed by atoms with Crippen molar-refractivity contribution in [1.82, 2.24) is 19.9 Å². The Hall–Kier alpha value is -2.90. The number of carbonyl (C=O) groups is 1. The lowest BCUT2D eigenvalue weighted by molar-refractivity contribution is 0.0746. The molecule has 1 saturated heterocycles. The van der Waals surface area contributed by atoms with Crippen molar-refractivity contribution in [3.8, 4) is 0 Å². The number of aryl methyl sites for hydroxylation is 1. The quantitative estimate of drug-likeness (QED) is 0.652. The summed E-state index contributed by atoms with van der Waals surface area (Å²) in [6.07, 6.45) is 1.72. The van der Waals surface area contributed by atoms with E-state index in [-0.39, 0.29) is 5.91 Å². The summed E-state index contributed by atoms with van der Waals surface area (Å²) in [7, 11) is 0. The Morgan fingerprint density at radius 3 is 2.50 bits per heavy atom. The average Bonchev–Trinajstić information content (AvgIpc) is 2.74. The molecule has 30 heavy (non-hydrogen) atoms. The molecule has 1 amide bonds. The maximum Gasteiger partial charge on any atom is 0.255 e. The number of piperazine rings is 1. The van der Waals surface area contributed by atoms with E-state index < -0.39 is 0 Å². The van der Waals surface area contributed by atoms with Crippen LogP contribution in [0.25, 0.3) is 0 Å². The monoisotopic (exact) mass is 442 g/mol. The topological polar surface area (TPSA) is 74.2 Å². The normalized spacial score (nSPS) is 14.0. The van der Waals surface area contributed by atoms with E-state index in [1.54, 1.807) is 29.3 Å². The molecule has 1 fully saturated rings. The molecule has 0 unspecified atom stereocenters. The van der Waals surface area contributed by atoms with E-state index in [2.05, 4.69) is 25.2 Å². The second-order valence-corrected chi connectivity index (χ2v) is 7.75. The van der Waals surface area contributed by atoms with E-state index in [1.807, 2.05) is 31.2 Å². The van der Waals surface area contributed by atoms with Crippen LogP contribution in [0.5, 0.6) is 0 Å². The van der Waals surface area contributed by atoms with Gasteiger partial charge in [0, 0.05) is 43.5 Å². The molecule has 0 spiro atoms. The zero-order chi connectivity index (χ0) is 21.1. The lowest BCUT2D eigenvalue weighted by atomic mass is 10.1. The summed E-state index contributed by atoms with van der Waals surface area (Å²) in [5.41, 5.74) is 0.467. The summed E-state index contributed by atoms with van der Waals surface area (Å²) < 4.78 is 0. The molecule has 0 bridgehead atoms. The number of amides is 1. The second-order valence-electron chi connectivity index (χ2n) is 6.90. The van der Waals surface area contributed by atoms with Gasteiger partial charge in [0.15, 0.2) is 0 Å². The fourth-order valence-electron chi connectivity index (χ4n) is 3.32. The molecule has 1 aromatic carbocycles. The van der Waals surface area contributed by atoms with Gasteiger partial charge in [0.2, 0.25) is 0 Å². The molecule has 0 radical (unpaired) electrons. The minimum Gasteiger partial charge on any atom is -0.353 e. The third-order valence-corrected chi connectivity index (χ3v) is 5.35. The number of pyridine rings is 1. The highest BCUT2D eigenvalue weighted by molar-refractivity contribution is 6.36. The molecule has 1 aliphatic rings. The van der Waals surface area contributed by atoms with Gasteiger partial charge in [-0.3, -0.25) is 4.79 Å². The summed E-state index contributed by atoms with van der Waals surface area (Å²) in [5.74, 6) is 2.79. The lowest BCUT2D eigenvalue weighted by Crippen LogP contribution is -2.49. The van der Waals surface area contributed by atoms with E-state index in [1.165, 1.54) is 0 Å². The maximum atomic E-state index is 12.8. The molecule has 3 heterocycles. The van der Waals surface area contributed by atoms with Crippen LogP contribution in [-0.2, 0) is 0 Å². The van der Waals surface area contributed by atoms with Gasteiger partial charge in [-0.15, -0.1) is 0 Å². The minimum absolute atomic E-state index is 0.0901. The molecule has 2 aromatic heterocycles. The van der Waals surface area contributed by atoms with Crippen LogP contribution >= 0.6 is 23.2 Å².